The van der Waals surface area contributed by atoms with Crippen LogP contribution in [0, 0.1) is 12.7 Å². The van der Waals surface area contributed by atoms with Gasteiger partial charge in [0.1, 0.15) is 11.9 Å². The van der Waals surface area contributed by atoms with Gasteiger partial charge in [0.05, 0.1) is 6.10 Å². The molecule has 0 aliphatic carbocycles. The van der Waals surface area contributed by atoms with Crippen molar-refractivity contribution in [2.75, 3.05) is 11.6 Å². The van der Waals surface area contributed by atoms with Gasteiger partial charge in [0.2, 0.25) is 0 Å². The second kappa shape index (κ2) is 5.48. The minimum Gasteiger partial charge on any atom is -0.398 e. The number of nitrogens with two attached hydrogens (primary N) is 1. The fourth-order valence-corrected chi connectivity index (χ4v) is 1.73. The lowest BCUT2D eigenvalue weighted by atomic mass is 9.98. The lowest BCUT2D eigenvalue weighted by molar-refractivity contribution is 0.0172. The molecule has 2 atom stereocenters. The summed E-state index contributed by atoms with van der Waals surface area (Å²) in [4.78, 5) is 0. The molecule has 16 heavy (non-hydrogen) atoms. The number of hydrogen-bond donors (Lipinski definition) is 3. The maximum absolute atomic E-state index is 13.1. The summed E-state index contributed by atoms with van der Waals surface area (Å²) < 4.78 is 13.1. The second-order valence-electron chi connectivity index (χ2n) is 3.72. The average molecular weight is 248 g/mol. The maximum Gasteiger partial charge on any atom is 0.123 e. The van der Waals surface area contributed by atoms with Crippen LogP contribution in [0.1, 0.15) is 23.7 Å². The standard InChI is InChI=1S/C11H15ClFNO2/c1-6-4-7(13)5-8(10(6)14)11(16)9(15)2-3-12/h4-5,9,11,15-16H,2-3,14H2,1H3. The van der Waals surface area contributed by atoms with Crippen molar-refractivity contribution in [3.8, 4) is 0 Å². The number of aliphatic hydroxyl groups excluding tert-OH is 2. The molecule has 0 heterocycles. The van der Waals surface area contributed by atoms with Crippen molar-refractivity contribution < 1.29 is 14.6 Å². The normalized spacial score (nSPS) is 14.8. The van der Waals surface area contributed by atoms with Crippen LogP contribution in [0.5, 0.6) is 0 Å². The molecule has 4 N–H and O–H groups in total. The topological polar surface area (TPSA) is 66.5 Å². The molecule has 1 rings (SSSR count). The Morgan fingerprint density at radius 2 is 2.06 bits per heavy atom. The third-order valence-electron chi connectivity index (χ3n) is 2.47. The number of anilines is 1. The lowest BCUT2D eigenvalue weighted by Crippen LogP contribution is -2.20. The van der Waals surface area contributed by atoms with E-state index in [0.29, 0.717) is 11.3 Å². The Bertz CT molecular complexity index is 373. The molecular formula is C11H15ClFNO2. The predicted octanol–water partition coefficient (Wildman–Crippen LogP) is 1.74. The van der Waals surface area contributed by atoms with E-state index in [9.17, 15) is 14.6 Å². The first kappa shape index (κ1) is 13.2. The third-order valence-corrected chi connectivity index (χ3v) is 2.69. The van der Waals surface area contributed by atoms with Gasteiger partial charge < -0.3 is 15.9 Å². The zero-order valence-electron chi connectivity index (χ0n) is 8.95. The van der Waals surface area contributed by atoms with Crippen LogP contribution in [0.2, 0.25) is 0 Å². The van der Waals surface area contributed by atoms with Gasteiger partial charge in [0.25, 0.3) is 0 Å². The molecule has 0 saturated heterocycles. The number of aliphatic hydroxyl groups is 2. The molecule has 0 fully saturated rings. The number of nitrogen functional groups attached to an aromatic ring is 1. The minimum absolute atomic E-state index is 0.204. The minimum atomic E-state index is -1.21. The smallest absolute Gasteiger partial charge is 0.123 e. The third kappa shape index (κ3) is 2.84. The van der Waals surface area contributed by atoms with Gasteiger partial charge in [-0.1, -0.05) is 0 Å². The van der Waals surface area contributed by atoms with E-state index in [0.717, 1.165) is 6.07 Å². The molecule has 3 nitrogen and oxygen atoms in total. The van der Waals surface area contributed by atoms with Crippen LogP contribution in [-0.4, -0.2) is 22.2 Å². The molecule has 0 saturated carbocycles. The molecule has 0 spiro atoms. The van der Waals surface area contributed by atoms with E-state index in [2.05, 4.69) is 0 Å². The highest BCUT2D eigenvalue weighted by atomic mass is 35.5. The number of aryl methyl sites for hydroxylation is 1. The second-order valence-corrected chi connectivity index (χ2v) is 4.09. The van der Waals surface area contributed by atoms with Gasteiger partial charge in [-0.15, -0.1) is 11.6 Å². The van der Waals surface area contributed by atoms with Crippen LogP contribution in [-0.2, 0) is 0 Å². The van der Waals surface area contributed by atoms with E-state index in [1.54, 1.807) is 6.92 Å². The molecule has 1 aromatic carbocycles. The highest BCUT2D eigenvalue weighted by Gasteiger charge is 2.21. The van der Waals surface area contributed by atoms with Gasteiger partial charge in [-0.3, -0.25) is 0 Å². The van der Waals surface area contributed by atoms with Crippen LogP contribution in [0.3, 0.4) is 0 Å². The molecule has 0 aromatic heterocycles. The molecule has 5 heteroatoms. The lowest BCUT2D eigenvalue weighted by Gasteiger charge is -2.19. The highest BCUT2D eigenvalue weighted by Crippen LogP contribution is 2.28. The summed E-state index contributed by atoms with van der Waals surface area (Å²) in [5, 5.41) is 19.4. The summed E-state index contributed by atoms with van der Waals surface area (Å²) in [6.07, 6.45) is -2.04. The summed E-state index contributed by atoms with van der Waals surface area (Å²) in [6, 6.07) is 2.41. The molecule has 2 unspecified atom stereocenters. The molecule has 0 aliphatic rings. The number of rotatable bonds is 4. The van der Waals surface area contributed by atoms with E-state index >= 15 is 0 Å². The number of hydrogen-bond acceptors (Lipinski definition) is 3. The highest BCUT2D eigenvalue weighted by molar-refractivity contribution is 6.17. The summed E-state index contributed by atoms with van der Waals surface area (Å²) in [7, 11) is 0. The first-order chi connectivity index (χ1) is 7.47. The zero-order valence-corrected chi connectivity index (χ0v) is 9.71. The SMILES string of the molecule is Cc1cc(F)cc(C(O)C(O)CCCl)c1N. The van der Waals surface area contributed by atoms with Crippen molar-refractivity contribution in [3.63, 3.8) is 0 Å². The van der Waals surface area contributed by atoms with Gasteiger partial charge in [0.15, 0.2) is 0 Å². The van der Waals surface area contributed by atoms with Gasteiger partial charge in [-0.05, 0) is 31.0 Å². The fourth-order valence-electron chi connectivity index (χ4n) is 1.50. The predicted molar refractivity (Wildman–Crippen MR) is 61.9 cm³/mol. The van der Waals surface area contributed by atoms with Crippen molar-refractivity contribution in [2.24, 2.45) is 0 Å². The van der Waals surface area contributed by atoms with Crippen LogP contribution >= 0.6 is 11.6 Å². The van der Waals surface area contributed by atoms with Crippen molar-refractivity contribution >= 4 is 17.3 Å². The van der Waals surface area contributed by atoms with Crippen LogP contribution in [0.4, 0.5) is 10.1 Å². The van der Waals surface area contributed by atoms with Crippen LogP contribution in [0.25, 0.3) is 0 Å². The zero-order chi connectivity index (χ0) is 12.3. The van der Waals surface area contributed by atoms with E-state index in [1.165, 1.54) is 6.07 Å². The number of halogens is 2. The molecule has 90 valence electrons. The number of alkyl halides is 1. The molecule has 0 radical (unpaired) electrons. The Morgan fingerprint density at radius 1 is 1.44 bits per heavy atom. The first-order valence-electron chi connectivity index (χ1n) is 4.95. The van der Waals surface area contributed by atoms with E-state index in [4.69, 9.17) is 17.3 Å². The van der Waals surface area contributed by atoms with Crippen molar-refractivity contribution in [1.29, 1.82) is 0 Å². The molecule has 0 aliphatic heterocycles. The van der Waals surface area contributed by atoms with Gasteiger partial charge in [0, 0.05) is 17.1 Å². The Kier molecular flexibility index (Phi) is 4.53. The Hall–Kier alpha value is -0.840. The molecule has 0 bridgehead atoms. The van der Waals surface area contributed by atoms with Crippen molar-refractivity contribution in [3.05, 3.63) is 29.1 Å². The Labute approximate surface area is 98.7 Å². The van der Waals surface area contributed by atoms with Crippen molar-refractivity contribution in [1.82, 2.24) is 0 Å². The summed E-state index contributed by atoms with van der Waals surface area (Å²) >= 11 is 5.45. The molecular weight excluding hydrogens is 233 g/mol. The largest absolute Gasteiger partial charge is 0.398 e. The van der Waals surface area contributed by atoms with Gasteiger partial charge >= 0.3 is 0 Å². The van der Waals surface area contributed by atoms with Gasteiger partial charge in [-0.25, -0.2) is 4.39 Å². The quantitative estimate of drug-likeness (QED) is 0.561. The van der Waals surface area contributed by atoms with E-state index in [1.807, 2.05) is 0 Å². The van der Waals surface area contributed by atoms with Crippen LogP contribution < -0.4 is 5.73 Å². The Morgan fingerprint density at radius 3 is 2.62 bits per heavy atom. The summed E-state index contributed by atoms with van der Waals surface area (Å²) in [5.74, 6) is -0.272. The van der Waals surface area contributed by atoms with E-state index < -0.39 is 18.0 Å². The molecule has 0 amide bonds. The maximum atomic E-state index is 13.1. The Balaban J connectivity index is 3.03. The molecule has 1 aromatic rings. The average Bonchev–Trinajstić information content (AvgIpc) is 2.22. The monoisotopic (exact) mass is 247 g/mol. The van der Waals surface area contributed by atoms with Crippen molar-refractivity contribution in [2.45, 2.75) is 25.6 Å². The van der Waals surface area contributed by atoms with Gasteiger partial charge in [-0.2, -0.15) is 0 Å². The first-order valence-corrected chi connectivity index (χ1v) is 5.48. The summed E-state index contributed by atoms with van der Waals surface area (Å²) in [6.45, 7) is 1.64. The van der Waals surface area contributed by atoms with Crippen LogP contribution in [0.15, 0.2) is 12.1 Å². The fraction of sp³-hybridized carbons (Fsp3) is 0.455. The number of benzene rings is 1. The summed E-state index contributed by atoms with van der Waals surface area (Å²) in [5.41, 5.74) is 6.75. The van der Waals surface area contributed by atoms with E-state index in [-0.39, 0.29) is 17.9 Å².